The van der Waals surface area contributed by atoms with Crippen LogP contribution in [0.4, 0.5) is 0 Å². The Balaban J connectivity index is 2.49. The maximum absolute atomic E-state index is 11.4. The number of hydrogen-bond acceptors (Lipinski definition) is 2. The van der Waals surface area contributed by atoms with Crippen LogP contribution in [0.1, 0.15) is 18.9 Å². The van der Waals surface area contributed by atoms with Gasteiger partial charge in [0.2, 0.25) is 5.91 Å². The van der Waals surface area contributed by atoms with Crippen LogP contribution >= 0.6 is 15.9 Å². The molecule has 1 rings (SSSR count). The average molecular weight is 298 g/mol. The summed E-state index contributed by atoms with van der Waals surface area (Å²) in [6.07, 6.45) is 3.35. The van der Waals surface area contributed by atoms with Crippen molar-refractivity contribution in [1.29, 1.82) is 0 Å². The summed E-state index contributed by atoms with van der Waals surface area (Å²) < 4.78 is 0.942. The Labute approximate surface area is 110 Å². The van der Waals surface area contributed by atoms with E-state index in [-0.39, 0.29) is 12.5 Å². The Bertz CT molecular complexity index is 404. The third kappa shape index (κ3) is 5.15. The first-order valence-electron chi connectivity index (χ1n) is 5.52. The Morgan fingerprint density at radius 2 is 2.24 bits per heavy atom. The monoisotopic (exact) mass is 297 g/mol. The molecule has 0 spiro atoms. The molecule has 0 saturated carbocycles. The van der Waals surface area contributed by atoms with Crippen molar-refractivity contribution in [3.8, 4) is 0 Å². The summed E-state index contributed by atoms with van der Waals surface area (Å²) in [7, 11) is 0. The van der Waals surface area contributed by atoms with Gasteiger partial charge in [-0.05, 0) is 24.1 Å². The van der Waals surface area contributed by atoms with Gasteiger partial charge in [0.1, 0.15) is 0 Å². The first-order chi connectivity index (χ1) is 8.13. The molecule has 0 fully saturated rings. The number of hydrogen-bond donors (Lipinski definition) is 2. The highest BCUT2D eigenvalue weighted by molar-refractivity contribution is 9.10. The minimum atomic E-state index is -0.476. The van der Waals surface area contributed by atoms with Gasteiger partial charge in [0.15, 0.2) is 0 Å². The lowest BCUT2D eigenvalue weighted by Crippen LogP contribution is -2.30. The molecule has 17 heavy (non-hydrogen) atoms. The maximum atomic E-state index is 11.4. The summed E-state index contributed by atoms with van der Waals surface area (Å²) in [5.41, 5.74) is 0.943. The predicted molar refractivity (Wildman–Crippen MR) is 72.5 cm³/mol. The summed E-state index contributed by atoms with van der Waals surface area (Å²) in [6, 6.07) is 7.65. The van der Waals surface area contributed by atoms with Crippen LogP contribution in [0.2, 0.25) is 0 Å². The van der Waals surface area contributed by atoms with E-state index in [1.807, 2.05) is 31.2 Å². The fourth-order valence-electron chi connectivity index (χ4n) is 1.20. The fourth-order valence-corrected chi connectivity index (χ4v) is 1.61. The van der Waals surface area contributed by atoms with Crippen molar-refractivity contribution in [1.82, 2.24) is 5.32 Å². The van der Waals surface area contributed by atoms with Crippen LogP contribution in [0, 0.1) is 0 Å². The zero-order chi connectivity index (χ0) is 12.7. The summed E-state index contributed by atoms with van der Waals surface area (Å²) in [5.74, 6) is -0.201. The van der Waals surface area contributed by atoms with E-state index in [2.05, 4.69) is 21.2 Å². The number of amides is 1. The molecule has 1 aromatic rings. The molecular weight excluding hydrogens is 282 g/mol. The number of nitrogens with one attached hydrogen (secondary N) is 1. The molecule has 1 amide bonds. The first-order valence-corrected chi connectivity index (χ1v) is 6.31. The normalized spacial score (nSPS) is 12.6. The predicted octanol–water partition coefficient (Wildman–Crippen LogP) is 2.35. The van der Waals surface area contributed by atoms with Crippen LogP contribution in [0.5, 0.6) is 0 Å². The minimum absolute atomic E-state index is 0.201. The van der Waals surface area contributed by atoms with Gasteiger partial charge in [-0.15, -0.1) is 0 Å². The standard InChI is InChI=1S/C13H16BrNO2/c1-2-11(16)9-15-13(17)8-7-10-5-3-4-6-12(10)14/h3-8,11,16H,2,9H2,1H3,(H,15,17)/b8-7+. The molecule has 2 N–H and O–H groups in total. The second-order valence-corrected chi connectivity index (χ2v) is 4.52. The Morgan fingerprint density at radius 1 is 1.53 bits per heavy atom. The molecule has 92 valence electrons. The van der Waals surface area contributed by atoms with Gasteiger partial charge < -0.3 is 10.4 Å². The van der Waals surface area contributed by atoms with Crippen molar-refractivity contribution in [2.24, 2.45) is 0 Å². The molecule has 0 saturated heterocycles. The van der Waals surface area contributed by atoms with E-state index in [1.165, 1.54) is 6.08 Å². The van der Waals surface area contributed by atoms with Gasteiger partial charge in [0.05, 0.1) is 6.10 Å². The van der Waals surface area contributed by atoms with Crippen LogP contribution in [-0.2, 0) is 4.79 Å². The van der Waals surface area contributed by atoms with Crippen LogP contribution in [-0.4, -0.2) is 23.7 Å². The quantitative estimate of drug-likeness (QED) is 0.820. The molecule has 0 bridgehead atoms. The number of aliphatic hydroxyl groups is 1. The lowest BCUT2D eigenvalue weighted by atomic mass is 10.2. The third-order valence-electron chi connectivity index (χ3n) is 2.30. The van der Waals surface area contributed by atoms with Crippen molar-refractivity contribution >= 4 is 27.9 Å². The Hall–Kier alpha value is -1.13. The van der Waals surface area contributed by atoms with E-state index >= 15 is 0 Å². The topological polar surface area (TPSA) is 49.3 Å². The maximum Gasteiger partial charge on any atom is 0.244 e. The highest BCUT2D eigenvalue weighted by Gasteiger charge is 2.02. The zero-order valence-corrected chi connectivity index (χ0v) is 11.3. The number of carbonyl (C=O) groups excluding carboxylic acids is 1. The number of aliphatic hydroxyl groups excluding tert-OH is 1. The van der Waals surface area contributed by atoms with Crippen LogP contribution in [0.25, 0.3) is 6.08 Å². The average Bonchev–Trinajstić information content (AvgIpc) is 2.35. The van der Waals surface area contributed by atoms with Gasteiger partial charge in [-0.2, -0.15) is 0 Å². The third-order valence-corrected chi connectivity index (χ3v) is 3.02. The highest BCUT2D eigenvalue weighted by atomic mass is 79.9. The van der Waals surface area contributed by atoms with Gasteiger partial charge in [-0.3, -0.25) is 4.79 Å². The molecule has 4 heteroatoms. The molecular formula is C13H16BrNO2. The number of rotatable bonds is 5. The number of halogens is 1. The molecule has 0 aliphatic heterocycles. The van der Waals surface area contributed by atoms with E-state index < -0.39 is 6.10 Å². The summed E-state index contributed by atoms with van der Waals surface area (Å²) >= 11 is 3.40. The Morgan fingerprint density at radius 3 is 2.88 bits per heavy atom. The second kappa shape index (κ2) is 7.25. The van der Waals surface area contributed by atoms with Crippen molar-refractivity contribution in [3.05, 3.63) is 40.4 Å². The summed E-state index contributed by atoms with van der Waals surface area (Å²) in [4.78, 5) is 11.4. The molecule has 1 unspecified atom stereocenters. The van der Waals surface area contributed by atoms with Crippen molar-refractivity contribution in [3.63, 3.8) is 0 Å². The Kier molecular flexibility index (Phi) is 5.94. The van der Waals surface area contributed by atoms with Gasteiger partial charge in [0.25, 0.3) is 0 Å². The fraction of sp³-hybridized carbons (Fsp3) is 0.308. The van der Waals surface area contributed by atoms with Crippen molar-refractivity contribution in [2.75, 3.05) is 6.54 Å². The molecule has 0 radical (unpaired) electrons. The molecule has 1 atom stereocenters. The van der Waals surface area contributed by atoms with Gasteiger partial charge in [-0.1, -0.05) is 41.1 Å². The summed E-state index contributed by atoms with van der Waals surface area (Å²) in [5, 5.41) is 11.9. The highest BCUT2D eigenvalue weighted by Crippen LogP contribution is 2.16. The van der Waals surface area contributed by atoms with Gasteiger partial charge in [-0.25, -0.2) is 0 Å². The van der Waals surface area contributed by atoms with Crippen LogP contribution in [0.15, 0.2) is 34.8 Å². The lowest BCUT2D eigenvalue weighted by molar-refractivity contribution is -0.116. The zero-order valence-electron chi connectivity index (χ0n) is 9.69. The van der Waals surface area contributed by atoms with Crippen molar-refractivity contribution < 1.29 is 9.90 Å². The van der Waals surface area contributed by atoms with Crippen LogP contribution in [0.3, 0.4) is 0 Å². The second-order valence-electron chi connectivity index (χ2n) is 3.66. The molecule has 1 aromatic carbocycles. The first kappa shape index (κ1) is 13.9. The van der Waals surface area contributed by atoms with E-state index in [4.69, 9.17) is 0 Å². The van der Waals surface area contributed by atoms with Gasteiger partial charge >= 0.3 is 0 Å². The molecule has 0 heterocycles. The smallest absolute Gasteiger partial charge is 0.244 e. The largest absolute Gasteiger partial charge is 0.391 e. The number of benzene rings is 1. The van der Waals surface area contributed by atoms with Gasteiger partial charge in [0, 0.05) is 17.1 Å². The molecule has 0 aliphatic rings. The lowest BCUT2D eigenvalue weighted by Gasteiger charge is -2.07. The van der Waals surface area contributed by atoms with E-state index in [9.17, 15) is 9.90 Å². The number of carbonyl (C=O) groups is 1. The van der Waals surface area contributed by atoms with E-state index in [1.54, 1.807) is 6.08 Å². The molecule has 3 nitrogen and oxygen atoms in total. The van der Waals surface area contributed by atoms with Crippen molar-refractivity contribution in [2.45, 2.75) is 19.4 Å². The van der Waals surface area contributed by atoms with Crippen LogP contribution < -0.4 is 5.32 Å². The van der Waals surface area contributed by atoms with E-state index in [0.29, 0.717) is 6.42 Å². The minimum Gasteiger partial charge on any atom is -0.391 e. The molecule has 0 aliphatic carbocycles. The summed E-state index contributed by atoms with van der Waals surface area (Å²) in [6.45, 7) is 2.16. The SMILES string of the molecule is CCC(O)CNC(=O)/C=C/c1ccccc1Br. The molecule has 0 aromatic heterocycles. The van der Waals surface area contributed by atoms with E-state index in [0.717, 1.165) is 10.0 Å².